The van der Waals surface area contributed by atoms with Gasteiger partial charge in [-0.05, 0) is 43.4 Å². The lowest BCUT2D eigenvalue weighted by atomic mass is 10.0. The van der Waals surface area contributed by atoms with Gasteiger partial charge in [-0.1, -0.05) is 305 Å². The lowest BCUT2D eigenvalue weighted by Gasteiger charge is -2.21. The predicted octanol–water partition coefficient (Wildman–Crippen LogP) is 20.2. The second-order valence-electron chi connectivity index (χ2n) is 27.1. The minimum atomic E-state index is -4.95. The third-order valence-corrected chi connectivity index (χ3v) is 18.3. The van der Waals surface area contributed by atoms with Crippen molar-refractivity contribution in [2.75, 3.05) is 39.6 Å². The van der Waals surface area contributed by atoms with Gasteiger partial charge < -0.3 is 33.8 Å². The fourth-order valence-electron chi connectivity index (χ4n) is 10.7. The molecule has 0 bridgehead atoms. The van der Waals surface area contributed by atoms with Crippen molar-refractivity contribution in [3.63, 3.8) is 0 Å². The highest BCUT2D eigenvalue weighted by atomic mass is 31.2. The number of rotatable bonds is 69. The molecule has 0 spiro atoms. The highest BCUT2D eigenvalue weighted by Crippen LogP contribution is 2.45. The van der Waals surface area contributed by atoms with Gasteiger partial charge >= 0.3 is 39.5 Å². The first-order valence-electron chi connectivity index (χ1n) is 36.8. The first-order valence-corrected chi connectivity index (χ1v) is 39.8. The summed E-state index contributed by atoms with van der Waals surface area (Å²) < 4.78 is 68.3. The molecule has 0 aliphatic carbocycles. The van der Waals surface area contributed by atoms with Crippen molar-refractivity contribution in [1.29, 1.82) is 0 Å². The molecule has 0 aromatic carbocycles. The van der Waals surface area contributed by atoms with E-state index < -0.39 is 97.5 Å². The van der Waals surface area contributed by atoms with Crippen LogP contribution in [0.4, 0.5) is 0 Å². The lowest BCUT2D eigenvalue weighted by Crippen LogP contribution is -2.30. The fourth-order valence-corrected chi connectivity index (χ4v) is 12.3. The number of hydrogen-bond acceptors (Lipinski definition) is 15. The van der Waals surface area contributed by atoms with E-state index in [1.807, 2.05) is 0 Å². The first kappa shape index (κ1) is 88.1. The topological polar surface area (TPSA) is 237 Å². The molecule has 0 aliphatic heterocycles. The van der Waals surface area contributed by atoms with Gasteiger partial charge in [-0.3, -0.25) is 37.3 Å². The summed E-state index contributed by atoms with van der Waals surface area (Å²) in [6.07, 6.45) is 45.8. The Labute approximate surface area is 549 Å². The van der Waals surface area contributed by atoms with Crippen LogP contribution in [0, 0.1) is 17.8 Å². The van der Waals surface area contributed by atoms with Gasteiger partial charge in [-0.25, -0.2) is 9.13 Å². The lowest BCUT2D eigenvalue weighted by molar-refractivity contribution is -0.161. The highest BCUT2D eigenvalue weighted by molar-refractivity contribution is 7.47. The molecule has 534 valence electrons. The van der Waals surface area contributed by atoms with Crippen molar-refractivity contribution in [3.8, 4) is 0 Å². The Bertz CT molecular complexity index is 1770. The van der Waals surface area contributed by atoms with Gasteiger partial charge in [-0.15, -0.1) is 0 Å². The van der Waals surface area contributed by atoms with Crippen molar-refractivity contribution in [2.45, 2.75) is 375 Å². The van der Waals surface area contributed by atoms with Gasteiger partial charge in [0.25, 0.3) is 0 Å². The van der Waals surface area contributed by atoms with E-state index in [1.165, 1.54) is 167 Å². The van der Waals surface area contributed by atoms with E-state index in [1.54, 1.807) is 0 Å². The van der Waals surface area contributed by atoms with Crippen molar-refractivity contribution < 1.29 is 80.2 Å². The summed E-state index contributed by atoms with van der Waals surface area (Å²) in [6, 6.07) is 0. The number of carbonyl (C=O) groups is 4. The van der Waals surface area contributed by atoms with Crippen molar-refractivity contribution in [2.24, 2.45) is 17.8 Å². The molecule has 0 rings (SSSR count). The normalized spacial score (nSPS) is 14.2. The quantitative estimate of drug-likeness (QED) is 0.0222. The Balaban J connectivity index is 5.26. The number of ether oxygens (including phenoxy) is 4. The van der Waals surface area contributed by atoms with Gasteiger partial charge in [0.2, 0.25) is 0 Å². The molecule has 90 heavy (non-hydrogen) atoms. The number of aliphatic hydroxyl groups is 1. The van der Waals surface area contributed by atoms with Crippen LogP contribution in [0.25, 0.3) is 0 Å². The van der Waals surface area contributed by atoms with Crippen LogP contribution >= 0.6 is 15.6 Å². The van der Waals surface area contributed by atoms with E-state index in [2.05, 4.69) is 48.5 Å². The summed E-state index contributed by atoms with van der Waals surface area (Å²) in [5.74, 6) is 0.0841. The third kappa shape index (κ3) is 64.8. The molecule has 0 aromatic heterocycles. The SMILES string of the molecule is CCCCCCCCCCCCCCCCC(=O)OC[C@H](COP(=O)(O)OC[C@@H](O)COP(=O)(O)OC[C@@H](COC(=O)CCCCCCCCCCC(C)C)OC(=O)CCCCCCCCCCC(C)C)OC(=O)CCCCCCCCCCCCCC(C)C. The summed E-state index contributed by atoms with van der Waals surface area (Å²) in [5.41, 5.74) is 0. The third-order valence-electron chi connectivity index (χ3n) is 16.4. The van der Waals surface area contributed by atoms with Gasteiger partial charge in [-0.2, -0.15) is 0 Å². The van der Waals surface area contributed by atoms with Crippen LogP contribution in [-0.4, -0.2) is 96.7 Å². The molecule has 0 heterocycles. The van der Waals surface area contributed by atoms with Gasteiger partial charge in [0.1, 0.15) is 19.3 Å². The molecule has 3 N–H and O–H groups in total. The zero-order valence-electron chi connectivity index (χ0n) is 58.6. The molecular weight excluding hydrogens is 1190 g/mol. The first-order chi connectivity index (χ1) is 43.2. The van der Waals surface area contributed by atoms with Crippen LogP contribution in [0.1, 0.15) is 357 Å². The number of hydrogen-bond donors (Lipinski definition) is 3. The molecule has 0 amide bonds. The van der Waals surface area contributed by atoms with Crippen LogP contribution < -0.4 is 0 Å². The maximum absolute atomic E-state index is 13.0. The van der Waals surface area contributed by atoms with Gasteiger partial charge in [0.15, 0.2) is 12.2 Å². The zero-order valence-corrected chi connectivity index (χ0v) is 60.4. The maximum Gasteiger partial charge on any atom is 0.472 e. The number of phosphoric ester groups is 2. The summed E-state index contributed by atoms with van der Waals surface area (Å²) in [6.45, 7) is 11.8. The van der Waals surface area contributed by atoms with E-state index in [0.717, 1.165) is 108 Å². The second-order valence-corrected chi connectivity index (χ2v) is 30.0. The van der Waals surface area contributed by atoms with E-state index in [9.17, 15) is 43.2 Å². The van der Waals surface area contributed by atoms with Gasteiger partial charge in [0.05, 0.1) is 26.4 Å². The van der Waals surface area contributed by atoms with E-state index in [0.29, 0.717) is 25.7 Å². The number of unbranched alkanes of at least 4 members (excludes halogenated alkanes) is 37. The molecule has 0 fully saturated rings. The van der Waals surface area contributed by atoms with Crippen LogP contribution in [0.15, 0.2) is 0 Å². The molecule has 2 unspecified atom stereocenters. The molecule has 19 heteroatoms. The highest BCUT2D eigenvalue weighted by Gasteiger charge is 2.30. The molecule has 0 aromatic rings. The van der Waals surface area contributed by atoms with Gasteiger partial charge in [0, 0.05) is 25.7 Å². The Morgan fingerprint density at radius 3 is 0.756 bits per heavy atom. The van der Waals surface area contributed by atoms with Crippen molar-refractivity contribution >= 4 is 39.5 Å². The number of phosphoric acid groups is 2. The fraction of sp³-hybridized carbons (Fsp3) is 0.944. The summed E-state index contributed by atoms with van der Waals surface area (Å²) in [4.78, 5) is 72.6. The zero-order chi connectivity index (χ0) is 66.6. The van der Waals surface area contributed by atoms with Crippen molar-refractivity contribution in [3.05, 3.63) is 0 Å². The van der Waals surface area contributed by atoms with E-state index >= 15 is 0 Å². The Morgan fingerprint density at radius 1 is 0.300 bits per heavy atom. The van der Waals surface area contributed by atoms with E-state index in [-0.39, 0.29) is 25.7 Å². The Morgan fingerprint density at radius 2 is 0.511 bits per heavy atom. The molecular formula is C71H138O17P2. The molecule has 0 radical (unpaired) electrons. The number of carbonyl (C=O) groups excluding carboxylic acids is 4. The molecule has 0 saturated heterocycles. The van der Waals surface area contributed by atoms with Crippen LogP contribution in [0.2, 0.25) is 0 Å². The summed E-state index contributed by atoms with van der Waals surface area (Å²) >= 11 is 0. The minimum absolute atomic E-state index is 0.104. The minimum Gasteiger partial charge on any atom is -0.462 e. The second kappa shape index (κ2) is 61.9. The van der Waals surface area contributed by atoms with Crippen LogP contribution in [-0.2, 0) is 65.4 Å². The monoisotopic (exact) mass is 1320 g/mol. The van der Waals surface area contributed by atoms with E-state index in [4.69, 9.17) is 37.0 Å². The van der Waals surface area contributed by atoms with Crippen molar-refractivity contribution in [1.82, 2.24) is 0 Å². The standard InChI is InChI=1S/C71H138O17P2/c1-8-9-10-11-12-13-14-15-16-19-22-31-38-45-52-68(73)81-58-66(87-70(75)54-47-40-33-23-20-17-18-21-28-35-42-49-62(2)3)60-85-89(77,78)83-56-65(72)57-84-90(79,80)86-61-67(88-71(76)55-48-41-34-27-25-30-37-44-51-64(6)7)59-82-69(74)53-46-39-32-26-24-29-36-43-50-63(4)5/h62-67,72H,8-61H2,1-7H3,(H,77,78)(H,79,80)/t65-,66-,67-/m1/s1. The molecule has 5 atom stereocenters. The Kier molecular flexibility index (Phi) is 60.6. The average molecular weight is 1330 g/mol. The van der Waals surface area contributed by atoms with Crippen LogP contribution in [0.5, 0.6) is 0 Å². The predicted molar refractivity (Wildman–Crippen MR) is 363 cm³/mol. The average Bonchev–Trinajstić information content (AvgIpc) is 2.91. The molecule has 17 nitrogen and oxygen atoms in total. The maximum atomic E-state index is 13.0. The van der Waals surface area contributed by atoms with Crippen LogP contribution in [0.3, 0.4) is 0 Å². The number of aliphatic hydroxyl groups excluding tert-OH is 1. The summed E-state index contributed by atoms with van der Waals surface area (Å²) in [5, 5.41) is 10.6. The summed E-state index contributed by atoms with van der Waals surface area (Å²) in [7, 11) is -9.90. The smallest absolute Gasteiger partial charge is 0.462 e. The molecule has 0 aliphatic rings. The Hall–Kier alpha value is -1.94. The number of esters is 4. The largest absolute Gasteiger partial charge is 0.472 e. The molecule has 0 saturated carbocycles.